The lowest BCUT2D eigenvalue weighted by Gasteiger charge is -2.38. The number of carbonyl (C=O) groups excluding carboxylic acids is 1. The van der Waals surface area contributed by atoms with E-state index >= 15 is 0 Å². The maximum atomic E-state index is 12.8. The molecule has 0 saturated carbocycles. The second kappa shape index (κ2) is 10.5. The van der Waals surface area contributed by atoms with E-state index in [0.717, 1.165) is 81.0 Å². The van der Waals surface area contributed by atoms with Gasteiger partial charge in [0.1, 0.15) is 6.17 Å². The highest BCUT2D eigenvalue weighted by Crippen LogP contribution is 2.30. The molecule has 3 N–H and O–H groups in total. The van der Waals surface area contributed by atoms with E-state index in [9.17, 15) is 18.0 Å². The fourth-order valence-electron chi connectivity index (χ4n) is 4.35. The first-order chi connectivity index (χ1) is 15.2. The molecule has 2 heterocycles. The molecule has 6 nitrogen and oxygen atoms in total. The quantitative estimate of drug-likeness (QED) is 0.583. The summed E-state index contributed by atoms with van der Waals surface area (Å²) < 4.78 is 38.4. The second-order valence-corrected chi connectivity index (χ2v) is 8.55. The fraction of sp³-hybridized carbons (Fsp3) is 0.609. The van der Waals surface area contributed by atoms with E-state index in [1.807, 2.05) is 11.8 Å². The predicted molar refractivity (Wildman–Crippen MR) is 119 cm³/mol. The molecular formula is C23H34F3N5O. The van der Waals surface area contributed by atoms with Crippen LogP contribution < -0.4 is 16.0 Å². The van der Waals surface area contributed by atoms with Crippen molar-refractivity contribution >= 4 is 6.03 Å². The number of halogens is 3. The van der Waals surface area contributed by atoms with E-state index in [0.29, 0.717) is 0 Å². The molecule has 9 heteroatoms. The number of benzene rings is 1. The number of carbonyl (C=O) groups is 1. The summed E-state index contributed by atoms with van der Waals surface area (Å²) in [6.45, 7) is 7.43. The Kier molecular flexibility index (Phi) is 7.92. The number of amides is 2. The van der Waals surface area contributed by atoms with Crippen LogP contribution in [0.4, 0.5) is 18.0 Å². The highest BCUT2D eigenvalue weighted by atomic mass is 19.4. The Morgan fingerprint density at radius 2 is 1.84 bits per heavy atom. The maximum Gasteiger partial charge on any atom is 0.416 e. The number of likely N-dealkylation sites (tertiary alicyclic amines) is 1. The van der Waals surface area contributed by atoms with Crippen molar-refractivity contribution in [1.29, 1.82) is 0 Å². The zero-order valence-electron chi connectivity index (χ0n) is 19.1. The van der Waals surface area contributed by atoms with Gasteiger partial charge in [-0.2, -0.15) is 13.2 Å². The molecule has 3 rings (SSSR count). The van der Waals surface area contributed by atoms with Gasteiger partial charge in [-0.1, -0.05) is 25.5 Å². The molecule has 32 heavy (non-hydrogen) atoms. The summed E-state index contributed by atoms with van der Waals surface area (Å²) >= 11 is 0. The minimum Gasteiger partial charge on any atom is -0.364 e. The van der Waals surface area contributed by atoms with Crippen LogP contribution in [-0.4, -0.2) is 55.1 Å². The highest BCUT2D eigenvalue weighted by molar-refractivity contribution is 5.74. The number of urea groups is 1. The largest absolute Gasteiger partial charge is 0.416 e. The van der Waals surface area contributed by atoms with Crippen LogP contribution in [-0.2, 0) is 6.18 Å². The normalized spacial score (nSPS) is 20.1. The van der Waals surface area contributed by atoms with Gasteiger partial charge in [0.15, 0.2) is 0 Å². The van der Waals surface area contributed by atoms with Crippen LogP contribution in [0.3, 0.4) is 0 Å². The average Bonchev–Trinajstić information content (AvgIpc) is 3.14. The number of nitrogens with one attached hydrogen (secondary N) is 3. The highest BCUT2D eigenvalue weighted by Gasteiger charge is 2.32. The van der Waals surface area contributed by atoms with E-state index < -0.39 is 11.7 Å². The van der Waals surface area contributed by atoms with Crippen molar-refractivity contribution in [3.63, 3.8) is 0 Å². The summed E-state index contributed by atoms with van der Waals surface area (Å²) in [6.07, 6.45) is -0.648. The Balaban J connectivity index is 1.53. The topological polar surface area (TPSA) is 59.6 Å². The van der Waals surface area contributed by atoms with E-state index in [1.165, 1.54) is 12.1 Å². The first kappa shape index (κ1) is 24.2. The standard InChI is InChI=1S/C23H34F3N5O/c1-4-5-12-31(22(32)27-3)19-10-13-30(14-11-19)15-20-16(2)28-21(29-20)17-6-8-18(9-7-17)23(24,25)26/h6-9,19,21,28-29H,4-5,10-15H2,1-3H3,(H,27,32). The number of nitrogens with zero attached hydrogens (tertiary/aromatic N) is 2. The van der Waals surface area contributed by atoms with Crippen LogP contribution in [0.1, 0.15) is 56.8 Å². The summed E-state index contributed by atoms with van der Waals surface area (Å²) in [5.41, 5.74) is 2.19. The van der Waals surface area contributed by atoms with Crippen molar-refractivity contribution in [2.24, 2.45) is 0 Å². The van der Waals surface area contributed by atoms with E-state index in [-0.39, 0.29) is 18.2 Å². The number of rotatable bonds is 7. The number of unbranched alkanes of at least 4 members (excludes halogenated alkanes) is 1. The first-order valence-corrected chi connectivity index (χ1v) is 11.3. The van der Waals surface area contributed by atoms with Gasteiger partial charge in [-0.3, -0.25) is 4.90 Å². The molecule has 0 radical (unpaired) electrons. The average molecular weight is 454 g/mol. The van der Waals surface area contributed by atoms with Gasteiger partial charge in [-0.15, -0.1) is 0 Å². The Morgan fingerprint density at radius 1 is 1.19 bits per heavy atom. The third-order valence-electron chi connectivity index (χ3n) is 6.31. The van der Waals surface area contributed by atoms with Gasteiger partial charge in [0.2, 0.25) is 0 Å². The predicted octanol–water partition coefficient (Wildman–Crippen LogP) is 4.03. The van der Waals surface area contributed by atoms with Gasteiger partial charge >= 0.3 is 12.2 Å². The molecule has 0 bridgehead atoms. The van der Waals surface area contributed by atoms with Crippen molar-refractivity contribution in [2.45, 2.75) is 57.9 Å². The molecule has 2 amide bonds. The minimum atomic E-state index is -4.33. The first-order valence-electron chi connectivity index (χ1n) is 11.3. The van der Waals surface area contributed by atoms with Gasteiger partial charge in [-0.25, -0.2) is 4.79 Å². The monoisotopic (exact) mass is 453 g/mol. The molecule has 1 atom stereocenters. The van der Waals surface area contributed by atoms with Crippen LogP contribution in [0.2, 0.25) is 0 Å². The molecule has 178 valence electrons. The van der Waals surface area contributed by atoms with E-state index in [1.54, 1.807) is 7.05 Å². The lowest BCUT2D eigenvalue weighted by Crippen LogP contribution is -2.50. The van der Waals surface area contributed by atoms with E-state index in [4.69, 9.17) is 0 Å². The number of piperidine rings is 1. The number of hydrogen-bond acceptors (Lipinski definition) is 4. The maximum absolute atomic E-state index is 12.8. The summed E-state index contributed by atoms with van der Waals surface area (Å²) in [5, 5.41) is 9.53. The van der Waals surface area contributed by atoms with Gasteiger partial charge in [0, 0.05) is 50.7 Å². The summed E-state index contributed by atoms with van der Waals surface area (Å²) in [7, 11) is 1.68. The van der Waals surface area contributed by atoms with Crippen LogP contribution in [0.25, 0.3) is 0 Å². The number of allylic oxidation sites excluding steroid dienone is 1. The van der Waals surface area contributed by atoms with Gasteiger partial charge in [0.25, 0.3) is 0 Å². The van der Waals surface area contributed by atoms with Crippen LogP contribution in [0.15, 0.2) is 35.7 Å². The molecule has 0 aliphatic carbocycles. The molecule has 1 fully saturated rings. The van der Waals surface area contributed by atoms with Crippen molar-refractivity contribution in [1.82, 2.24) is 25.8 Å². The second-order valence-electron chi connectivity index (χ2n) is 8.55. The molecule has 0 spiro atoms. The molecule has 1 saturated heterocycles. The molecule has 1 aromatic carbocycles. The molecular weight excluding hydrogens is 419 g/mol. The summed E-state index contributed by atoms with van der Waals surface area (Å²) in [4.78, 5) is 16.6. The van der Waals surface area contributed by atoms with Gasteiger partial charge in [0.05, 0.1) is 5.56 Å². The smallest absolute Gasteiger partial charge is 0.364 e. The Bertz CT molecular complexity index is 801. The Labute approximate surface area is 188 Å². The SMILES string of the molecule is CCCCN(C(=O)NC)C1CCN(CC2=C(C)NC(c3ccc(C(F)(F)F)cc3)N2)CC1. The van der Waals surface area contributed by atoms with E-state index in [2.05, 4.69) is 27.8 Å². The molecule has 2 aliphatic heterocycles. The molecule has 2 aliphatic rings. The lowest BCUT2D eigenvalue weighted by atomic mass is 10.0. The van der Waals surface area contributed by atoms with Crippen molar-refractivity contribution in [2.75, 3.05) is 33.2 Å². The fourth-order valence-corrected chi connectivity index (χ4v) is 4.35. The minimum absolute atomic E-state index is 0.00324. The Hall–Kier alpha value is -2.42. The summed E-state index contributed by atoms with van der Waals surface area (Å²) in [5.74, 6) is 0. The molecule has 1 unspecified atom stereocenters. The molecule has 1 aromatic rings. The van der Waals surface area contributed by atoms with Crippen LogP contribution in [0.5, 0.6) is 0 Å². The lowest BCUT2D eigenvalue weighted by molar-refractivity contribution is -0.137. The van der Waals surface area contributed by atoms with Crippen molar-refractivity contribution in [3.8, 4) is 0 Å². The summed E-state index contributed by atoms with van der Waals surface area (Å²) in [6, 6.07) is 5.51. The van der Waals surface area contributed by atoms with Crippen molar-refractivity contribution in [3.05, 3.63) is 46.8 Å². The van der Waals surface area contributed by atoms with Crippen molar-refractivity contribution < 1.29 is 18.0 Å². The molecule has 0 aromatic heterocycles. The van der Waals surface area contributed by atoms with Crippen LogP contribution >= 0.6 is 0 Å². The third-order valence-corrected chi connectivity index (χ3v) is 6.31. The van der Waals surface area contributed by atoms with Crippen LogP contribution in [0, 0.1) is 0 Å². The number of hydrogen-bond donors (Lipinski definition) is 3. The van der Waals surface area contributed by atoms with Gasteiger partial charge < -0.3 is 20.9 Å². The third kappa shape index (κ3) is 5.88. The zero-order valence-corrected chi connectivity index (χ0v) is 19.1. The van der Waals surface area contributed by atoms with Gasteiger partial charge in [-0.05, 0) is 43.9 Å². The number of alkyl halides is 3. The Morgan fingerprint density at radius 3 is 2.41 bits per heavy atom. The zero-order chi connectivity index (χ0) is 23.3.